The first-order valence-electron chi connectivity index (χ1n) is 8.36. The van der Waals surface area contributed by atoms with E-state index in [0.717, 1.165) is 48.4 Å². The zero-order valence-corrected chi connectivity index (χ0v) is 13.6. The summed E-state index contributed by atoms with van der Waals surface area (Å²) in [4.78, 5) is 11.7. The summed E-state index contributed by atoms with van der Waals surface area (Å²) in [7, 11) is 0. The summed E-state index contributed by atoms with van der Waals surface area (Å²) < 4.78 is 29.3. The SMILES string of the molecule is O=C(O)c1cccc2c3c(n(Cc4ccc(F)cc4F)c12)CCCC3. The summed E-state index contributed by atoms with van der Waals surface area (Å²) in [6.45, 7) is 0.197. The fourth-order valence-electron chi connectivity index (χ4n) is 3.86. The van der Waals surface area contributed by atoms with E-state index in [1.165, 1.54) is 12.1 Å². The van der Waals surface area contributed by atoms with Gasteiger partial charge in [-0.1, -0.05) is 18.2 Å². The zero-order valence-electron chi connectivity index (χ0n) is 13.6. The molecule has 0 spiro atoms. The molecule has 4 rings (SSSR count). The van der Waals surface area contributed by atoms with Crippen molar-refractivity contribution in [2.24, 2.45) is 0 Å². The average Bonchev–Trinajstić information content (AvgIpc) is 2.91. The topological polar surface area (TPSA) is 42.2 Å². The highest BCUT2D eigenvalue weighted by atomic mass is 19.1. The van der Waals surface area contributed by atoms with E-state index in [2.05, 4.69) is 0 Å². The number of benzene rings is 2. The smallest absolute Gasteiger partial charge is 0.337 e. The first kappa shape index (κ1) is 15.8. The summed E-state index contributed by atoms with van der Waals surface area (Å²) >= 11 is 0. The molecule has 0 aliphatic heterocycles. The minimum Gasteiger partial charge on any atom is -0.478 e. The first-order valence-corrected chi connectivity index (χ1v) is 8.36. The van der Waals surface area contributed by atoms with Gasteiger partial charge in [0.25, 0.3) is 0 Å². The average molecular weight is 341 g/mol. The Morgan fingerprint density at radius 3 is 2.68 bits per heavy atom. The van der Waals surface area contributed by atoms with Gasteiger partial charge in [-0.2, -0.15) is 0 Å². The summed E-state index contributed by atoms with van der Waals surface area (Å²) in [5.74, 6) is -2.23. The maximum absolute atomic E-state index is 14.2. The number of aromatic carboxylic acids is 1. The molecule has 3 aromatic rings. The van der Waals surface area contributed by atoms with Crippen LogP contribution in [0.3, 0.4) is 0 Å². The molecule has 0 radical (unpaired) electrons. The second kappa shape index (κ2) is 5.99. The van der Waals surface area contributed by atoms with Crippen molar-refractivity contribution in [2.75, 3.05) is 0 Å². The lowest BCUT2D eigenvalue weighted by atomic mass is 9.95. The lowest BCUT2D eigenvalue weighted by Crippen LogP contribution is -2.11. The fourth-order valence-corrected chi connectivity index (χ4v) is 3.86. The molecule has 2 aromatic carbocycles. The van der Waals surface area contributed by atoms with Crippen LogP contribution < -0.4 is 0 Å². The molecular formula is C20H17F2NO2. The summed E-state index contributed by atoms with van der Waals surface area (Å²) in [5.41, 5.74) is 3.43. The number of fused-ring (bicyclic) bond motifs is 3. The van der Waals surface area contributed by atoms with Gasteiger partial charge in [-0.25, -0.2) is 13.6 Å². The van der Waals surface area contributed by atoms with Crippen LogP contribution in [0.1, 0.15) is 40.0 Å². The van der Waals surface area contributed by atoms with Crippen LogP contribution in [0.25, 0.3) is 10.9 Å². The van der Waals surface area contributed by atoms with E-state index in [0.29, 0.717) is 11.1 Å². The van der Waals surface area contributed by atoms with Crippen molar-refractivity contribution in [3.05, 3.63) is 70.4 Å². The van der Waals surface area contributed by atoms with Crippen LogP contribution in [0.4, 0.5) is 8.78 Å². The minimum atomic E-state index is -0.999. The second-order valence-electron chi connectivity index (χ2n) is 6.46. The molecule has 0 amide bonds. The maximum atomic E-state index is 14.2. The number of para-hydroxylation sites is 1. The molecule has 0 bridgehead atoms. The zero-order chi connectivity index (χ0) is 17.6. The number of hydrogen-bond donors (Lipinski definition) is 1. The Labute approximate surface area is 143 Å². The molecule has 128 valence electrons. The van der Waals surface area contributed by atoms with Gasteiger partial charge < -0.3 is 9.67 Å². The van der Waals surface area contributed by atoms with Crippen molar-refractivity contribution in [1.29, 1.82) is 0 Å². The largest absolute Gasteiger partial charge is 0.478 e. The third-order valence-electron chi connectivity index (χ3n) is 4.97. The minimum absolute atomic E-state index is 0.197. The molecule has 1 heterocycles. The Kier molecular flexibility index (Phi) is 3.79. The second-order valence-corrected chi connectivity index (χ2v) is 6.46. The molecule has 25 heavy (non-hydrogen) atoms. The fraction of sp³-hybridized carbons (Fsp3) is 0.250. The Morgan fingerprint density at radius 1 is 1.12 bits per heavy atom. The molecule has 0 saturated carbocycles. The van der Waals surface area contributed by atoms with E-state index in [1.807, 2.05) is 10.6 Å². The lowest BCUT2D eigenvalue weighted by Gasteiger charge is -2.16. The Balaban J connectivity index is 1.96. The van der Waals surface area contributed by atoms with Crippen LogP contribution >= 0.6 is 0 Å². The number of aromatic nitrogens is 1. The third-order valence-corrected chi connectivity index (χ3v) is 4.97. The van der Waals surface area contributed by atoms with Gasteiger partial charge in [0, 0.05) is 22.7 Å². The number of carboxylic acid groups (broad SMARTS) is 1. The Hall–Kier alpha value is -2.69. The van der Waals surface area contributed by atoms with Crippen LogP contribution in [0, 0.1) is 11.6 Å². The highest BCUT2D eigenvalue weighted by Crippen LogP contribution is 2.34. The van der Waals surface area contributed by atoms with E-state index in [-0.39, 0.29) is 12.1 Å². The maximum Gasteiger partial charge on any atom is 0.337 e. The van der Waals surface area contributed by atoms with Crippen molar-refractivity contribution in [3.63, 3.8) is 0 Å². The molecule has 0 saturated heterocycles. The molecule has 3 nitrogen and oxygen atoms in total. The highest BCUT2D eigenvalue weighted by molar-refractivity contribution is 6.04. The summed E-state index contributed by atoms with van der Waals surface area (Å²) in [6, 6.07) is 8.79. The Morgan fingerprint density at radius 2 is 1.92 bits per heavy atom. The molecule has 0 unspecified atom stereocenters. The quantitative estimate of drug-likeness (QED) is 0.760. The molecule has 1 aromatic heterocycles. The van der Waals surface area contributed by atoms with Gasteiger partial charge in [-0.3, -0.25) is 0 Å². The van der Waals surface area contributed by atoms with Crippen LogP contribution in [-0.2, 0) is 19.4 Å². The first-order chi connectivity index (χ1) is 12.1. The van der Waals surface area contributed by atoms with Crippen molar-refractivity contribution < 1.29 is 18.7 Å². The number of rotatable bonds is 3. The predicted molar refractivity (Wildman–Crippen MR) is 91.0 cm³/mol. The molecular weight excluding hydrogens is 324 g/mol. The van der Waals surface area contributed by atoms with Crippen molar-refractivity contribution in [3.8, 4) is 0 Å². The predicted octanol–water partition coefficient (Wildman–Crippen LogP) is 4.54. The molecule has 0 atom stereocenters. The molecule has 1 aliphatic carbocycles. The van der Waals surface area contributed by atoms with Crippen molar-refractivity contribution in [1.82, 2.24) is 4.57 Å². The van der Waals surface area contributed by atoms with Gasteiger partial charge in [0.2, 0.25) is 0 Å². The van der Waals surface area contributed by atoms with E-state index in [1.54, 1.807) is 12.1 Å². The standard InChI is InChI=1S/C20H17F2NO2/c21-13-9-8-12(17(22)10-13)11-23-18-7-2-1-4-14(18)15-5-3-6-16(19(15)23)20(24)25/h3,5-6,8-10H,1-2,4,7,11H2,(H,24,25). The van der Waals surface area contributed by atoms with Crippen LogP contribution in [0.2, 0.25) is 0 Å². The molecule has 0 fully saturated rings. The third kappa shape index (κ3) is 2.60. The van der Waals surface area contributed by atoms with E-state index in [4.69, 9.17) is 0 Å². The number of nitrogens with zero attached hydrogens (tertiary/aromatic N) is 1. The highest BCUT2D eigenvalue weighted by Gasteiger charge is 2.24. The Bertz CT molecular complexity index is 991. The number of hydrogen-bond acceptors (Lipinski definition) is 1. The summed E-state index contributed by atoms with van der Waals surface area (Å²) in [5, 5.41) is 10.5. The van der Waals surface area contributed by atoms with E-state index >= 15 is 0 Å². The van der Waals surface area contributed by atoms with E-state index in [9.17, 15) is 18.7 Å². The van der Waals surface area contributed by atoms with Gasteiger partial charge in [0.15, 0.2) is 0 Å². The van der Waals surface area contributed by atoms with Gasteiger partial charge in [-0.15, -0.1) is 0 Å². The van der Waals surface area contributed by atoms with Gasteiger partial charge in [-0.05, 0) is 43.4 Å². The van der Waals surface area contributed by atoms with Crippen molar-refractivity contribution >= 4 is 16.9 Å². The van der Waals surface area contributed by atoms with Crippen LogP contribution in [0.15, 0.2) is 36.4 Å². The van der Waals surface area contributed by atoms with Crippen LogP contribution in [0.5, 0.6) is 0 Å². The van der Waals surface area contributed by atoms with Gasteiger partial charge in [0.1, 0.15) is 11.6 Å². The number of carbonyl (C=O) groups is 1. The number of carboxylic acids is 1. The molecule has 1 aliphatic rings. The van der Waals surface area contributed by atoms with Crippen molar-refractivity contribution in [2.45, 2.75) is 32.2 Å². The normalized spacial score (nSPS) is 13.8. The molecule has 5 heteroatoms. The van der Waals surface area contributed by atoms with E-state index < -0.39 is 17.6 Å². The molecule has 1 N–H and O–H groups in total. The summed E-state index contributed by atoms with van der Waals surface area (Å²) in [6.07, 6.45) is 3.83. The van der Waals surface area contributed by atoms with Crippen LogP contribution in [-0.4, -0.2) is 15.6 Å². The van der Waals surface area contributed by atoms with Gasteiger partial charge >= 0.3 is 5.97 Å². The monoisotopic (exact) mass is 341 g/mol. The number of aryl methyl sites for hydroxylation is 1. The van der Waals surface area contributed by atoms with Gasteiger partial charge in [0.05, 0.1) is 17.6 Å². The lowest BCUT2D eigenvalue weighted by molar-refractivity contribution is 0.0698. The number of halogens is 2.